The standard InChI is InChI=1S/C17H12FN3/c18-12-3-4-13-11(7-12)8-16(10-1-2-10)21-17(13)14-9-19-6-5-15(14)20-21/h3-10H,1-2H2. The number of aromatic nitrogens is 3. The van der Waals surface area contributed by atoms with E-state index in [0.717, 1.165) is 27.2 Å². The summed E-state index contributed by atoms with van der Waals surface area (Å²) in [5.74, 6) is 0.345. The normalized spacial score (nSPS) is 15.3. The van der Waals surface area contributed by atoms with Gasteiger partial charge in [0, 0.05) is 34.8 Å². The molecular formula is C17H12FN3. The highest BCUT2D eigenvalue weighted by Gasteiger charge is 2.28. The van der Waals surface area contributed by atoms with Crippen molar-refractivity contribution in [3.05, 3.63) is 54.2 Å². The van der Waals surface area contributed by atoms with E-state index in [4.69, 9.17) is 5.10 Å². The van der Waals surface area contributed by atoms with E-state index in [1.807, 2.05) is 22.8 Å². The van der Waals surface area contributed by atoms with Gasteiger partial charge in [0.15, 0.2) is 0 Å². The largest absolute Gasteiger partial charge is 0.264 e. The van der Waals surface area contributed by atoms with Gasteiger partial charge in [0.2, 0.25) is 0 Å². The van der Waals surface area contributed by atoms with Crippen LogP contribution in [0.5, 0.6) is 0 Å². The molecule has 1 fully saturated rings. The Bertz CT molecular complexity index is 1010. The van der Waals surface area contributed by atoms with Gasteiger partial charge in [-0.05, 0) is 48.6 Å². The lowest BCUT2D eigenvalue weighted by atomic mass is 10.1. The van der Waals surface area contributed by atoms with E-state index >= 15 is 0 Å². The lowest BCUT2D eigenvalue weighted by Gasteiger charge is -2.08. The second kappa shape index (κ2) is 3.79. The monoisotopic (exact) mass is 277 g/mol. The number of rotatable bonds is 1. The fraction of sp³-hybridized carbons (Fsp3) is 0.176. The zero-order valence-corrected chi connectivity index (χ0v) is 11.3. The molecule has 3 aromatic heterocycles. The van der Waals surface area contributed by atoms with Crippen molar-refractivity contribution in [1.29, 1.82) is 0 Å². The molecule has 0 spiro atoms. The Morgan fingerprint density at radius 2 is 2.00 bits per heavy atom. The molecule has 0 radical (unpaired) electrons. The molecule has 21 heavy (non-hydrogen) atoms. The third kappa shape index (κ3) is 1.53. The molecule has 102 valence electrons. The average molecular weight is 277 g/mol. The maximum Gasteiger partial charge on any atom is 0.123 e. The average Bonchev–Trinajstić information content (AvgIpc) is 3.26. The van der Waals surface area contributed by atoms with E-state index < -0.39 is 0 Å². The number of fused-ring (bicyclic) bond motifs is 5. The van der Waals surface area contributed by atoms with E-state index in [-0.39, 0.29) is 5.82 Å². The van der Waals surface area contributed by atoms with Crippen LogP contribution in [0, 0.1) is 5.82 Å². The Kier molecular flexibility index (Phi) is 2.02. The predicted molar refractivity (Wildman–Crippen MR) is 79.9 cm³/mol. The lowest BCUT2D eigenvalue weighted by Crippen LogP contribution is -1.97. The number of pyridine rings is 2. The highest BCUT2D eigenvalue weighted by atomic mass is 19.1. The van der Waals surface area contributed by atoms with Crippen LogP contribution >= 0.6 is 0 Å². The summed E-state index contributed by atoms with van der Waals surface area (Å²) in [6.07, 6.45) is 5.97. The smallest absolute Gasteiger partial charge is 0.123 e. The molecular weight excluding hydrogens is 265 g/mol. The van der Waals surface area contributed by atoms with Gasteiger partial charge in [0.25, 0.3) is 0 Å². The fourth-order valence-electron chi connectivity index (χ4n) is 3.13. The number of halogens is 1. The number of hydrogen-bond acceptors (Lipinski definition) is 2. The van der Waals surface area contributed by atoms with Crippen molar-refractivity contribution in [2.24, 2.45) is 0 Å². The van der Waals surface area contributed by atoms with E-state index in [9.17, 15) is 4.39 Å². The van der Waals surface area contributed by atoms with Gasteiger partial charge in [0.1, 0.15) is 5.82 Å². The number of benzene rings is 1. The molecule has 0 aliphatic heterocycles. The van der Waals surface area contributed by atoms with E-state index in [1.165, 1.54) is 24.6 Å². The predicted octanol–water partition coefficient (Wildman–Crippen LogP) is 4.05. The van der Waals surface area contributed by atoms with E-state index in [2.05, 4.69) is 11.1 Å². The Labute approximate surface area is 120 Å². The van der Waals surface area contributed by atoms with Crippen LogP contribution in [0.2, 0.25) is 0 Å². The minimum absolute atomic E-state index is 0.199. The summed E-state index contributed by atoms with van der Waals surface area (Å²) in [4.78, 5) is 4.22. The molecule has 4 heteroatoms. The number of hydrogen-bond donors (Lipinski definition) is 0. The summed E-state index contributed by atoms with van der Waals surface area (Å²) in [5.41, 5.74) is 3.15. The molecule has 0 bridgehead atoms. The quantitative estimate of drug-likeness (QED) is 0.525. The molecule has 1 aliphatic rings. The van der Waals surface area contributed by atoms with Gasteiger partial charge in [-0.25, -0.2) is 8.91 Å². The van der Waals surface area contributed by atoms with Crippen LogP contribution in [-0.4, -0.2) is 14.6 Å². The highest BCUT2D eigenvalue weighted by molar-refractivity contribution is 6.09. The third-order valence-electron chi connectivity index (χ3n) is 4.29. The van der Waals surface area contributed by atoms with Gasteiger partial charge in [-0.3, -0.25) is 4.98 Å². The van der Waals surface area contributed by atoms with Crippen molar-refractivity contribution in [3.8, 4) is 0 Å². The third-order valence-corrected chi connectivity index (χ3v) is 4.29. The topological polar surface area (TPSA) is 30.2 Å². The molecule has 0 unspecified atom stereocenters. The van der Waals surface area contributed by atoms with Crippen LogP contribution in [0.1, 0.15) is 24.5 Å². The first-order chi connectivity index (χ1) is 10.3. The van der Waals surface area contributed by atoms with E-state index in [0.29, 0.717) is 5.92 Å². The Morgan fingerprint density at radius 3 is 2.86 bits per heavy atom. The zero-order chi connectivity index (χ0) is 14.0. The summed E-state index contributed by atoms with van der Waals surface area (Å²) >= 11 is 0. The molecule has 1 saturated carbocycles. The molecule has 4 aromatic rings. The van der Waals surface area contributed by atoms with Gasteiger partial charge in [-0.15, -0.1) is 0 Å². The van der Waals surface area contributed by atoms with Crippen LogP contribution in [-0.2, 0) is 0 Å². The maximum absolute atomic E-state index is 13.6. The summed E-state index contributed by atoms with van der Waals surface area (Å²) in [5, 5.41) is 7.72. The first-order valence-corrected chi connectivity index (χ1v) is 7.16. The lowest BCUT2D eigenvalue weighted by molar-refractivity contribution is 0.629. The number of nitrogens with zero attached hydrogens (tertiary/aromatic N) is 3. The van der Waals surface area contributed by atoms with Crippen LogP contribution in [0.25, 0.3) is 27.2 Å². The minimum Gasteiger partial charge on any atom is -0.264 e. The van der Waals surface area contributed by atoms with Gasteiger partial charge in [0.05, 0.1) is 11.0 Å². The SMILES string of the molecule is Fc1ccc2c(c1)cc(C1CC1)n1nc3ccncc3c21. The Balaban J connectivity index is 2.07. The van der Waals surface area contributed by atoms with Gasteiger partial charge in [-0.2, -0.15) is 5.10 Å². The van der Waals surface area contributed by atoms with Crippen molar-refractivity contribution in [3.63, 3.8) is 0 Å². The molecule has 1 aromatic carbocycles. The van der Waals surface area contributed by atoms with Crippen LogP contribution in [0.3, 0.4) is 0 Å². The Morgan fingerprint density at radius 1 is 1.10 bits per heavy atom. The molecule has 3 heterocycles. The molecule has 0 atom stereocenters. The second-order valence-corrected chi connectivity index (χ2v) is 5.73. The summed E-state index contributed by atoms with van der Waals surface area (Å²) in [7, 11) is 0. The van der Waals surface area contributed by atoms with Crippen LogP contribution < -0.4 is 0 Å². The van der Waals surface area contributed by atoms with Gasteiger partial charge < -0.3 is 0 Å². The molecule has 5 rings (SSSR count). The van der Waals surface area contributed by atoms with Crippen LogP contribution in [0.15, 0.2) is 42.7 Å². The van der Waals surface area contributed by atoms with Crippen molar-refractivity contribution >= 4 is 27.2 Å². The molecule has 0 amide bonds. The van der Waals surface area contributed by atoms with Crippen molar-refractivity contribution < 1.29 is 4.39 Å². The van der Waals surface area contributed by atoms with Crippen LogP contribution in [0.4, 0.5) is 4.39 Å². The molecule has 3 nitrogen and oxygen atoms in total. The second-order valence-electron chi connectivity index (χ2n) is 5.73. The molecule has 0 N–H and O–H groups in total. The summed E-state index contributed by atoms with van der Waals surface area (Å²) < 4.78 is 15.6. The van der Waals surface area contributed by atoms with Gasteiger partial charge in [-0.1, -0.05) is 0 Å². The zero-order valence-electron chi connectivity index (χ0n) is 11.3. The first-order valence-electron chi connectivity index (χ1n) is 7.16. The first kappa shape index (κ1) is 11.2. The maximum atomic E-state index is 13.6. The van der Waals surface area contributed by atoms with Gasteiger partial charge >= 0.3 is 0 Å². The van der Waals surface area contributed by atoms with Crippen molar-refractivity contribution in [2.45, 2.75) is 18.8 Å². The van der Waals surface area contributed by atoms with E-state index in [1.54, 1.807) is 12.3 Å². The molecule has 1 aliphatic carbocycles. The Hall–Kier alpha value is -2.49. The molecule has 0 saturated heterocycles. The fourth-order valence-corrected chi connectivity index (χ4v) is 3.13. The highest BCUT2D eigenvalue weighted by Crippen LogP contribution is 2.42. The van der Waals surface area contributed by atoms with Crippen molar-refractivity contribution in [2.75, 3.05) is 0 Å². The summed E-state index contributed by atoms with van der Waals surface area (Å²) in [6, 6.07) is 8.96. The minimum atomic E-state index is -0.199. The summed E-state index contributed by atoms with van der Waals surface area (Å²) in [6.45, 7) is 0. The van der Waals surface area contributed by atoms with Crippen molar-refractivity contribution in [1.82, 2.24) is 14.6 Å².